The predicted octanol–water partition coefficient (Wildman–Crippen LogP) is 3.82. The number of nitrogens with one attached hydrogen (secondary N) is 1. The fourth-order valence-corrected chi connectivity index (χ4v) is 3.88. The second-order valence-corrected chi connectivity index (χ2v) is 8.13. The van der Waals surface area contributed by atoms with Gasteiger partial charge in [-0.05, 0) is 53.0 Å². The number of anilines is 2. The van der Waals surface area contributed by atoms with E-state index < -0.39 is 35.0 Å². The van der Waals surface area contributed by atoms with Gasteiger partial charge in [-0.15, -0.1) is 24.5 Å². The molecule has 1 heterocycles. The topological polar surface area (TPSA) is 118 Å². The fourth-order valence-electron chi connectivity index (χ4n) is 2.82. The normalized spacial score (nSPS) is 12.0. The highest BCUT2D eigenvalue weighted by atomic mass is 32.2. The number of hydrogen-bond donors (Lipinski definition) is 1. The zero-order chi connectivity index (χ0) is 24.0. The molecule has 1 amide bonds. The Balaban J connectivity index is 1.98. The number of nitrogens with zero attached hydrogens (tertiary/aromatic N) is 3. The summed E-state index contributed by atoms with van der Waals surface area (Å²) >= 11 is -1.42. The van der Waals surface area contributed by atoms with Gasteiger partial charge in [-0.2, -0.15) is 5.26 Å². The summed E-state index contributed by atoms with van der Waals surface area (Å²) in [5.41, 5.74) is 2.68. The molecule has 3 aromatic rings. The van der Waals surface area contributed by atoms with Gasteiger partial charge in [-0.1, -0.05) is 12.1 Å². The minimum atomic E-state index is -4.85. The maximum Gasteiger partial charge on any atom is 0.573 e. The van der Waals surface area contributed by atoms with Gasteiger partial charge in [0.2, 0.25) is 0 Å². The summed E-state index contributed by atoms with van der Waals surface area (Å²) in [5.74, 6) is -1.74. The van der Waals surface area contributed by atoms with Crippen molar-refractivity contribution in [3.8, 4) is 11.8 Å². The summed E-state index contributed by atoms with van der Waals surface area (Å²) in [4.78, 5) is 18.1. The predicted molar refractivity (Wildman–Crippen MR) is 113 cm³/mol. The molecule has 0 fully saturated rings. The number of ether oxygens (including phenoxy) is 1. The Hall–Kier alpha value is -3.47. The Morgan fingerprint density at radius 1 is 1.27 bits per heavy atom. The lowest BCUT2D eigenvalue weighted by atomic mass is 10.1. The summed E-state index contributed by atoms with van der Waals surface area (Å²) in [6, 6.07) is 13.7. The van der Waals surface area contributed by atoms with Crippen molar-refractivity contribution in [3.05, 3.63) is 70.9 Å². The summed E-state index contributed by atoms with van der Waals surface area (Å²) < 4.78 is 63.4. The lowest BCUT2D eigenvalue weighted by molar-refractivity contribution is -0.274. The molecule has 0 radical (unpaired) electrons. The lowest BCUT2D eigenvalue weighted by Crippen LogP contribution is -2.29. The van der Waals surface area contributed by atoms with Crippen molar-refractivity contribution in [3.63, 3.8) is 0 Å². The molecule has 33 heavy (non-hydrogen) atoms. The number of benzene rings is 2. The van der Waals surface area contributed by atoms with Crippen LogP contribution >= 0.6 is 11.3 Å². The van der Waals surface area contributed by atoms with Crippen molar-refractivity contribution < 1.29 is 31.5 Å². The molecule has 0 bridgehead atoms. The van der Waals surface area contributed by atoms with Crippen molar-refractivity contribution in [2.45, 2.75) is 12.9 Å². The number of rotatable bonds is 8. The monoisotopic (exact) mass is 495 g/mol. The standard InChI is InChI=1S/C20H15F3N4O4S2/c21-20(22,23)31-16-3-1-2-14(8-16)10-27(15-6-4-13(9-24)5-7-15)19-17(25-11-32-19)18(28)26-12-33(29)30/h1-8,11H,10,12H2,(H,26,28)(H,29,30)/p-1. The molecule has 0 aliphatic heterocycles. The molecular formula is C20H14F3N4O4S2-. The number of hydrogen-bond acceptors (Lipinski definition) is 8. The average molecular weight is 495 g/mol. The molecule has 0 aliphatic rings. The van der Waals surface area contributed by atoms with E-state index in [1.165, 1.54) is 17.6 Å². The van der Waals surface area contributed by atoms with E-state index in [2.05, 4.69) is 15.0 Å². The lowest BCUT2D eigenvalue weighted by Gasteiger charge is -2.24. The van der Waals surface area contributed by atoms with Crippen molar-refractivity contribution in [1.82, 2.24) is 10.3 Å². The molecule has 13 heteroatoms. The maximum absolute atomic E-state index is 12.6. The van der Waals surface area contributed by atoms with E-state index in [-0.39, 0.29) is 12.2 Å². The minimum Gasteiger partial charge on any atom is -0.771 e. The Bertz CT molecular complexity index is 1190. The molecule has 0 aliphatic carbocycles. The third-order valence-electron chi connectivity index (χ3n) is 4.14. The van der Waals surface area contributed by atoms with Crippen LogP contribution in [0.1, 0.15) is 21.6 Å². The third kappa shape index (κ3) is 6.75. The molecule has 0 saturated heterocycles. The number of nitriles is 1. The molecule has 1 unspecified atom stereocenters. The molecule has 3 rings (SSSR count). The Morgan fingerprint density at radius 2 is 2.00 bits per heavy atom. The van der Waals surface area contributed by atoms with Gasteiger partial charge in [0.25, 0.3) is 5.91 Å². The highest BCUT2D eigenvalue weighted by Gasteiger charge is 2.31. The van der Waals surface area contributed by atoms with Gasteiger partial charge in [0.15, 0.2) is 5.69 Å². The highest BCUT2D eigenvalue weighted by Crippen LogP contribution is 2.34. The molecule has 0 saturated carbocycles. The average Bonchev–Trinajstić information content (AvgIpc) is 3.25. The molecular weight excluding hydrogens is 481 g/mol. The van der Waals surface area contributed by atoms with E-state index in [1.54, 1.807) is 35.2 Å². The van der Waals surface area contributed by atoms with Crippen LogP contribution in [-0.2, 0) is 17.6 Å². The number of thiazole rings is 1. The smallest absolute Gasteiger partial charge is 0.573 e. The van der Waals surface area contributed by atoms with Crippen LogP contribution in [0, 0.1) is 11.3 Å². The first-order valence-electron chi connectivity index (χ1n) is 9.06. The van der Waals surface area contributed by atoms with Gasteiger partial charge in [-0.3, -0.25) is 9.00 Å². The summed E-state index contributed by atoms with van der Waals surface area (Å²) in [7, 11) is 0. The number of aromatic nitrogens is 1. The molecule has 8 nitrogen and oxygen atoms in total. The Labute approximate surface area is 192 Å². The second kappa shape index (κ2) is 10.4. The summed E-state index contributed by atoms with van der Waals surface area (Å²) in [6.07, 6.45) is -4.85. The number of carbonyl (C=O) groups is 1. The molecule has 1 aromatic heterocycles. The largest absolute Gasteiger partial charge is 0.771 e. The SMILES string of the molecule is N#Cc1ccc(N(Cc2cccc(OC(F)(F)F)c2)c2scnc2C(=O)NCS(=O)[O-])cc1. The third-order valence-corrected chi connectivity index (χ3v) is 5.37. The maximum atomic E-state index is 12.6. The highest BCUT2D eigenvalue weighted by molar-refractivity contribution is 7.79. The second-order valence-electron chi connectivity index (χ2n) is 6.40. The van der Waals surface area contributed by atoms with E-state index in [4.69, 9.17) is 5.26 Å². The van der Waals surface area contributed by atoms with Crippen LogP contribution in [-0.4, -0.2) is 31.9 Å². The molecule has 172 valence electrons. The van der Waals surface area contributed by atoms with Gasteiger partial charge >= 0.3 is 6.36 Å². The van der Waals surface area contributed by atoms with Crippen molar-refractivity contribution in [1.29, 1.82) is 5.26 Å². The first kappa shape index (κ1) is 24.2. The van der Waals surface area contributed by atoms with Crippen LogP contribution in [0.15, 0.2) is 54.0 Å². The first-order valence-corrected chi connectivity index (χ1v) is 11.2. The van der Waals surface area contributed by atoms with Crippen molar-refractivity contribution >= 4 is 39.0 Å². The molecule has 2 aromatic carbocycles. The zero-order valence-electron chi connectivity index (χ0n) is 16.5. The van der Waals surface area contributed by atoms with Crippen molar-refractivity contribution in [2.75, 3.05) is 10.8 Å². The quantitative estimate of drug-likeness (QED) is 0.472. The fraction of sp³-hybridized carbons (Fsp3) is 0.150. The Morgan fingerprint density at radius 3 is 2.64 bits per heavy atom. The van der Waals surface area contributed by atoms with Gasteiger partial charge in [0.1, 0.15) is 10.8 Å². The van der Waals surface area contributed by atoms with Gasteiger partial charge in [0.05, 0.1) is 23.0 Å². The van der Waals surface area contributed by atoms with Crippen molar-refractivity contribution in [2.24, 2.45) is 0 Å². The Kier molecular flexibility index (Phi) is 7.64. The summed E-state index contributed by atoms with van der Waals surface area (Å²) in [5, 5.41) is 11.6. The number of amides is 1. The van der Waals surface area contributed by atoms with Gasteiger partial charge < -0.3 is 19.5 Å². The van der Waals surface area contributed by atoms with Crippen LogP contribution in [0.25, 0.3) is 0 Å². The summed E-state index contributed by atoms with van der Waals surface area (Å²) in [6.45, 7) is 0.0247. The van der Waals surface area contributed by atoms with Crippen LogP contribution in [0.5, 0.6) is 5.75 Å². The van der Waals surface area contributed by atoms with Gasteiger partial charge in [-0.25, -0.2) is 4.98 Å². The van der Waals surface area contributed by atoms with E-state index >= 15 is 0 Å². The molecule has 1 atom stereocenters. The number of carbonyl (C=O) groups excluding carboxylic acids is 1. The van der Waals surface area contributed by atoms with E-state index in [9.17, 15) is 26.7 Å². The van der Waals surface area contributed by atoms with Crippen LogP contribution in [0.3, 0.4) is 0 Å². The van der Waals surface area contributed by atoms with E-state index in [0.717, 1.165) is 17.4 Å². The van der Waals surface area contributed by atoms with E-state index in [0.29, 0.717) is 21.8 Å². The van der Waals surface area contributed by atoms with E-state index in [1.807, 2.05) is 6.07 Å². The number of halogens is 3. The zero-order valence-corrected chi connectivity index (χ0v) is 18.2. The first-order chi connectivity index (χ1) is 15.7. The van der Waals surface area contributed by atoms with Gasteiger partial charge in [0, 0.05) is 12.2 Å². The van der Waals surface area contributed by atoms with Crippen LogP contribution in [0.2, 0.25) is 0 Å². The number of alkyl halides is 3. The van der Waals surface area contributed by atoms with Crippen LogP contribution < -0.4 is 15.0 Å². The molecule has 1 N–H and O–H groups in total. The van der Waals surface area contributed by atoms with Crippen LogP contribution in [0.4, 0.5) is 23.9 Å². The minimum absolute atomic E-state index is 0.0247. The molecule has 0 spiro atoms.